The van der Waals surface area contributed by atoms with E-state index in [1.807, 2.05) is 26.0 Å². The maximum atomic E-state index is 12.2. The number of hydrogen-bond acceptors (Lipinski definition) is 5. The summed E-state index contributed by atoms with van der Waals surface area (Å²) in [6, 6.07) is 11.3. The van der Waals surface area contributed by atoms with Crippen LogP contribution < -0.4 is 20.3 Å². The smallest absolute Gasteiger partial charge is 0.279 e. The Balaban J connectivity index is 1.77. The molecule has 8 nitrogen and oxygen atoms in total. The van der Waals surface area contributed by atoms with E-state index in [9.17, 15) is 18.0 Å². The van der Waals surface area contributed by atoms with E-state index in [-0.39, 0.29) is 22.9 Å². The van der Waals surface area contributed by atoms with Crippen LogP contribution in [0, 0.1) is 13.8 Å². The summed E-state index contributed by atoms with van der Waals surface area (Å²) in [4.78, 5) is 24.0. The third-order valence-electron chi connectivity index (χ3n) is 4.30. The fourth-order valence-electron chi connectivity index (χ4n) is 2.41. The van der Waals surface area contributed by atoms with Gasteiger partial charge in [-0.2, -0.15) is 0 Å². The zero-order valence-corrected chi connectivity index (χ0v) is 18.4. The summed E-state index contributed by atoms with van der Waals surface area (Å²) in [6.07, 6.45) is -1.01. The molecule has 2 amide bonds. The largest absolute Gasteiger partial charge is 0.481 e. The van der Waals surface area contributed by atoms with Crippen LogP contribution in [0.3, 0.4) is 0 Å². The van der Waals surface area contributed by atoms with Crippen molar-refractivity contribution in [2.45, 2.75) is 38.2 Å². The molecular weight excluding hydrogens is 430 g/mol. The van der Waals surface area contributed by atoms with Gasteiger partial charge in [0.1, 0.15) is 5.75 Å². The lowest BCUT2D eigenvalue weighted by Crippen LogP contribution is -2.47. The Labute approximate surface area is 181 Å². The van der Waals surface area contributed by atoms with Gasteiger partial charge in [-0.15, -0.1) is 0 Å². The van der Waals surface area contributed by atoms with Crippen LogP contribution in [0.1, 0.15) is 24.5 Å². The molecular formula is C20H24ClN3O5S. The van der Waals surface area contributed by atoms with Gasteiger partial charge in [0.15, 0.2) is 6.10 Å². The second kappa shape index (κ2) is 10.4. The summed E-state index contributed by atoms with van der Waals surface area (Å²) in [7, 11) is -3.79. The average Bonchev–Trinajstić information content (AvgIpc) is 2.69. The van der Waals surface area contributed by atoms with Crippen LogP contribution in [0.2, 0.25) is 5.02 Å². The standard InChI is InChI=1S/C20H24ClN3O5S/c1-13-6-4-9-18(14(13)2)29-15(3)20(26)24-23-19(25)10-11-22-30(27,28)17-8-5-7-16(21)12-17/h4-9,12,15,22H,10-11H2,1-3H3,(H,23,25)(H,24,26). The summed E-state index contributed by atoms with van der Waals surface area (Å²) in [5.74, 6) is -0.515. The van der Waals surface area contributed by atoms with Crippen molar-refractivity contribution >= 4 is 33.4 Å². The van der Waals surface area contributed by atoms with Gasteiger partial charge >= 0.3 is 0 Å². The van der Waals surface area contributed by atoms with E-state index in [4.69, 9.17) is 16.3 Å². The highest BCUT2D eigenvalue weighted by atomic mass is 35.5. The number of carbonyl (C=O) groups is 2. The monoisotopic (exact) mass is 453 g/mol. The summed E-state index contributed by atoms with van der Waals surface area (Å²) in [5.41, 5.74) is 6.46. The van der Waals surface area contributed by atoms with E-state index in [1.165, 1.54) is 18.2 Å². The summed E-state index contributed by atoms with van der Waals surface area (Å²) in [6.45, 7) is 5.24. The topological polar surface area (TPSA) is 114 Å². The number of nitrogens with one attached hydrogen (secondary N) is 3. The van der Waals surface area contributed by atoms with Gasteiger partial charge in [0, 0.05) is 18.0 Å². The van der Waals surface area contributed by atoms with Crippen LogP contribution in [-0.2, 0) is 19.6 Å². The predicted octanol–water partition coefficient (Wildman–Crippen LogP) is 2.24. The molecule has 162 valence electrons. The van der Waals surface area contributed by atoms with Crippen LogP contribution in [-0.4, -0.2) is 32.9 Å². The molecule has 0 heterocycles. The summed E-state index contributed by atoms with van der Waals surface area (Å²) < 4.78 is 32.3. The molecule has 0 spiro atoms. The Kier molecular flexibility index (Phi) is 8.22. The number of aryl methyl sites for hydroxylation is 1. The van der Waals surface area contributed by atoms with E-state index in [0.29, 0.717) is 5.75 Å². The molecule has 0 aliphatic heterocycles. The molecule has 2 rings (SSSR count). The zero-order valence-electron chi connectivity index (χ0n) is 16.9. The minimum atomic E-state index is -3.79. The Morgan fingerprint density at radius 2 is 1.80 bits per heavy atom. The molecule has 0 fully saturated rings. The number of amides is 2. The van der Waals surface area contributed by atoms with Gasteiger partial charge in [-0.05, 0) is 56.2 Å². The van der Waals surface area contributed by atoms with Gasteiger partial charge in [-0.1, -0.05) is 29.8 Å². The van der Waals surface area contributed by atoms with Crippen molar-refractivity contribution in [2.75, 3.05) is 6.54 Å². The second-order valence-electron chi connectivity index (χ2n) is 6.60. The molecule has 0 aliphatic rings. The third kappa shape index (κ3) is 6.72. The SMILES string of the molecule is Cc1cccc(OC(C)C(=O)NNC(=O)CCNS(=O)(=O)c2cccc(Cl)c2)c1C. The van der Waals surface area contributed by atoms with Crippen molar-refractivity contribution in [3.05, 3.63) is 58.6 Å². The van der Waals surface area contributed by atoms with Crippen molar-refractivity contribution in [3.8, 4) is 5.75 Å². The Hall–Kier alpha value is -2.62. The van der Waals surface area contributed by atoms with Crippen molar-refractivity contribution in [2.24, 2.45) is 0 Å². The predicted molar refractivity (Wildman–Crippen MR) is 114 cm³/mol. The average molecular weight is 454 g/mol. The molecule has 0 aliphatic carbocycles. The van der Waals surface area contributed by atoms with Crippen LogP contribution in [0.15, 0.2) is 47.4 Å². The molecule has 0 aromatic heterocycles. The molecule has 0 saturated heterocycles. The van der Waals surface area contributed by atoms with Gasteiger partial charge in [-0.3, -0.25) is 20.4 Å². The molecule has 2 aromatic carbocycles. The number of carbonyl (C=O) groups excluding carboxylic acids is 2. The number of benzene rings is 2. The molecule has 1 unspecified atom stereocenters. The van der Waals surface area contributed by atoms with Gasteiger partial charge < -0.3 is 4.74 Å². The quantitative estimate of drug-likeness (QED) is 0.530. The molecule has 3 N–H and O–H groups in total. The highest BCUT2D eigenvalue weighted by molar-refractivity contribution is 7.89. The maximum absolute atomic E-state index is 12.2. The second-order valence-corrected chi connectivity index (χ2v) is 8.80. The zero-order chi connectivity index (χ0) is 22.3. The van der Waals surface area contributed by atoms with E-state index in [1.54, 1.807) is 19.1 Å². The van der Waals surface area contributed by atoms with Crippen LogP contribution in [0.4, 0.5) is 0 Å². The maximum Gasteiger partial charge on any atom is 0.279 e. The lowest BCUT2D eigenvalue weighted by atomic mass is 10.1. The number of sulfonamides is 1. The first-order valence-corrected chi connectivity index (χ1v) is 11.0. The van der Waals surface area contributed by atoms with Gasteiger partial charge in [0.2, 0.25) is 15.9 Å². The van der Waals surface area contributed by atoms with Crippen LogP contribution in [0.5, 0.6) is 5.75 Å². The number of hydrogen-bond donors (Lipinski definition) is 3. The van der Waals surface area contributed by atoms with Crippen LogP contribution >= 0.6 is 11.6 Å². The normalized spacial score (nSPS) is 12.1. The number of rotatable bonds is 8. The fraction of sp³-hybridized carbons (Fsp3) is 0.300. The van der Waals surface area contributed by atoms with Crippen molar-refractivity contribution in [1.82, 2.24) is 15.6 Å². The molecule has 30 heavy (non-hydrogen) atoms. The lowest BCUT2D eigenvalue weighted by molar-refractivity contribution is -0.132. The van der Waals surface area contributed by atoms with Gasteiger partial charge in [0.05, 0.1) is 4.90 Å². The molecule has 10 heteroatoms. The van der Waals surface area contributed by atoms with Crippen molar-refractivity contribution < 1.29 is 22.7 Å². The fourth-order valence-corrected chi connectivity index (χ4v) is 3.74. The van der Waals surface area contributed by atoms with E-state index in [2.05, 4.69) is 15.6 Å². The molecule has 0 saturated carbocycles. The number of hydrazine groups is 1. The van der Waals surface area contributed by atoms with E-state index in [0.717, 1.165) is 11.1 Å². The first kappa shape index (κ1) is 23.7. The van der Waals surface area contributed by atoms with Crippen LogP contribution in [0.25, 0.3) is 0 Å². The third-order valence-corrected chi connectivity index (χ3v) is 6.00. The van der Waals surface area contributed by atoms with E-state index < -0.39 is 27.9 Å². The van der Waals surface area contributed by atoms with Crippen molar-refractivity contribution in [3.63, 3.8) is 0 Å². The number of ether oxygens (including phenoxy) is 1. The molecule has 1 atom stereocenters. The summed E-state index contributed by atoms with van der Waals surface area (Å²) in [5, 5.41) is 0.288. The van der Waals surface area contributed by atoms with Crippen molar-refractivity contribution in [1.29, 1.82) is 0 Å². The molecule has 0 radical (unpaired) electrons. The first-order valence-electron chi connectivity index (χ1n) is 9.17. The molecule has 2 aromatic rings. The molecule has 0 bridgehead atoms. The van der Waals surface area contributed by atoms with Gasteiger partial charge in [0.25, 0.3) is 5.91 Å². The highest BCUT2D eigenvalue weighted by Crippen LogP contribution is 2.21. The minimum absolute atomic E-state index is 0.00104. The number of halogens is 1. The van der Waals surface area contributed by atoms with E-state index >= 15 is 0 Å². The Morgan fingerprint density at radius 3 is 2.50 bits per heavy atom. The Bertz CT molecular complexity index is 1030. The van der Waals surface area contributed by atoms with Gasteiger partial charge in [-0.25, -0.2) is 13.1 Å². The first-order chi connectivity index (χ1) is 14.1. The lowest BCUT2D eigenvalue weighted by Gasteiger charge is -2.17. The summed E-state index contributed by atoms with van der Waals surface area (Å²) >= 11 is 5.79. The minimum Gasteiger partial charge on any atom is -0.481 e. The highest BCUT2D eigenvalue weighted by Gasteiger charge is 2.18. The Morgan fingerprint density at radius 1 is 1.10 bits per heavy atom.